The van der Waals surface area contributed by atoms with Crippen LogP contribution in [0.15, 0.2) is 35.9 Å². The van der Waals surface area contributed by atoms with Gasteiger partial charge in [-0.2, -0.15) is 5.26 Å². The van der Waals surface area contributed by atoms with Gasteiger partial charge in [-0.05, 0) is 30.3 Å². The normalized spacial score (nSPS) is 10.7. The third-order valence-electron chi connectivity index (χ3n) is 3.52. The molecule has 2 aromatic rings. The second-order valence-corrected chi connectivity index (χ2v) is 6.10. The first kappa shape index (κ1) is 20.4. The van der Waals surface area contributed by atoms with E-state index < -0.39 is 5.91 Å². The van der Waals surface area contributed by atoms with Crippen LogP contribution < -0.4 is 19.5 Å². The van der Waals surface area contributed by atoms with Crippen LogP contribution in [0.4, 0.5) is 5.69 Å². The number of carbonyl (C=O) groups excluding carboxylic acids is 1. The molecule has 0 spiro atoms. The first-order valence-electron chi connectivity index (χ1n) is 7.61. The SMILES string of the molecule is COc1cc(OC)c(OC)cc1/C=C(/C#N)C(=O)Nc1cc(Cl)cc(Cl)c1. The van der Waals surface area contributed by atoms with Gasteiger partial charge in [0.1, 0.15) is 17.4 Å². The molecule has 0 bridgehead atoms. The zero-order valence-electron chi connectivity index (χ0n) is 14.8. The summed E-state index contributed by atoms with van der Waals surface area (Å²) in [6, 6.07) is 9.67. The zero-order valence-corrected chi connectivity index (χ0v) is 16.3. The monoisotopic (exact) mass is 406 g/mol. The summed E-state index contributed by atoms with van der Waals surface area (Å²) in [5.74, 6) is 0.693. The number of methoxy groups -OCH3 is 3. The van der Waals surface area contributed by atoms with Crippen LogP contribution in [0.25, 0.3) is 6.08 Å². The molecule has 2 aromatic carbocycles. The van der Waals surface area contributed by atoms with Gasteiger partial charge in [0, 0.05) is 27.4 Å². The lowest BCUT2D eigenvalue weighted by Gasteiger charge is -2.12. The maximum absolute atomic E-state index is 12.5. The Hall–Kier alpha value is -2.88. The predicted octanol–water partition coefficient (Wildman–Crippen LogP) is 4.56. The molecule has 0 aromatic heterocycles. The van der Waals surface area contributed by atoms with Gasteiger partial charge in [0.2, 0.25) is 0 Å². The molecule has 1 N–H and O–H groups in total. The number of nitriles is 1. The molecule has 0 aliphatic rings. The average molecular weight is 407 g/mol. The summed E-state index contributed by atoms with van der Waals surface area (Å²) in [5, 5.41) is 12.7. The number of rotatable bonds is 6. The number of ether oxygens (including phenoxy) is 3. The average Bonchev–Trinajstić information content (AvgIpc) is 2.64. The van der Waals surface area contributed by atoms with E-state index in [0.29, 0.717) is 38.5 Å². The van der Waals surface area contributed by atoms with Gasteiger partial charge in [-0.15, -0.1) is 0 Å². The Morgan fingerprint density at radius 1 is 0.963 bits per heavy atom. The number of halogens is 2. The predicted molar refractivity (Wildman–Crippen MR) is 105 cm³/mol. The van der Waals surface area contributed by atoms with Gasteiger partial charge in [0.05, 0.1) is 21.3 Å². The van der Waals surface area contributed by atoms with Crippen molar-refractivity contribution in [2.24, 2.45) is 0 Å². The number of anilines is 1. The Morgan fingerprint density at radius 3 is 2.04 bits per heavy atom. The third-order valence-corrected chi connectivity index (χ3v) is 3.96. The van der Waals surface area contributed by atoms with Crippen LogP contribution in [0.3, 0.4) is 0 Å². The molecular formula is C19H16Cl2N2O4. The lowest BCUT2D eigenvalue weighted by molar-refractivity contribution is -0.112. The Kier molecular flexibility index (Phi) is 6.94. The highest BCUT2D eigenvalue weighted by Crippen LogP contribution is 2.35. The first-order chi connectivity index (χ1) is 12.9. The third kappa shape index (κ3) is 5.07. The minimum Gasteiger partial charge on any atom is -0.496 e. The molecule has 140 valence electrons. The maximum atomic E-state index is 12.5. The van der Waals surface area contributed by atoms with E-state index in [2.05, 4.69) is 5.32 Å². The number of carbonyl (C=O) groups is 1. The topological polar surface area (TPSA) is 80.6 Å². The van der Waals surface area contributed by atoms with Crippen molar-refractivity contribution in [3.63, 3.8) is 0 Å². The van der Waals surface area contributed by atoms with Crippen LogP contribution in [0.5, 0.6) is 17.2 Å². The Morgan fingerprint density at radius 2 is 1.52 bits per heavy atom. The van der Waals surface area contributed by atoms with Gasteiger partial charge in [-0.25, -0.2) is 0 Å². The molecule has 0 heterocycles. The standard InChI is InChI=1S/C19H16Cl2N2O4/c1-25-16-9-18(27-3)17(26-2)5-11(16)4-12(10-22)19(24)23-15-7-13(20)6-14(21)8-15/h4-9H,1-3H3,(H,23,24)/b12-4-. The van der Waals surface area contributed by atoms with E-state index in [4.69, 9.17) is 37.4 Å². The smallest absolute Gasteiger partial charge is 0.266 e. The molecule has 0 saturated heterocycles. The van der Waals surface area contributed by atoms with E-state index >= 15 is 0 Å². The van der Waals surface area contributed by atoms with Crippen LogP contribution in [-0.4, -0.2) is 27.2 Å². The summed E-state index contributed by atoms with van der Waals surface area (Å²) in [4.78, 5) is 12.5. The fourth-order valence-electron chi connectivity index (χ4n) is 2.29. The van der Waals surface area contributed by atoms with Crippen LogP contribution >= 0.6 is 23.2 Å². The lowest BCUT2D eigenvalue weighted by Crippen LogP contribution is -2.13. The van der Waals surface area contributed by atoms with Crippen molar-refractivity contribution in [3.8, 4) is 23.3 Å². The quantitative estimate of drug-likeness (QED) is 0.561. The van der Waals surface area contributed by atoms with Crippen molar-refractivity contribution in [1.29, 1.82) is 5.26 Å². The summed E-state index contributed by atoms with van der Waals surface area (Å²) in [7, 11) is 4.45. The first-order valence-corrected chi connectivity index (χ1v) is 8.36. The summed E-state index contributed by atoms with van der Waals surface area (Å²) in [5.41, 5.74) is 0.709. The van der Waals surface area contributed by atoms with E-state index in [-0.39, 0.29) is 5.57 Å². The van der Waals surface area contributed by atoms with Gasteiger partial charge in [0.15, 0.2) is 11.5 Å². The van der Waals surface area contributed by atoms with Crippen molar-refractivity contribution in [2.45, 2.75) is 0 Å². The fraction of sp³-hybridized carbons (Fsp3) is 0.158. The van der Waals surface area contributed by atoms with Crippen molar-refractivity contribution in [1.82, 2.24) is 0 Å². The molecule has 1 amide bonds. The molecule has 27 heavy (non-hydrogen) atoms. The summed E-state index contributed by atoms with van der Waals surface area (Å²) in [6.07, 6.45) is 1.39. The van der Waals surface area contributed by atoms with Crippen LogP contribution in [0.1, 0.15) is 5.56 Å². The van der Waals surface area contributed by atoms with Gasteiger partial charge in [-0.3, -0.25) is 4.79 Å². The van der Waals surface area contributed by atoms with E-state index in [9.17, 15) is 10.1 Å². The van der Waals surface area contributed by atoms with Crippen molar-refractivity contribution in [3.05, 3.63) is 51.5 Å². The van der Waals surface area contributed by atoms with Crippen molar-refractivity contribution < 1.29 is 19.0 Å². The number of hydrogen-bond donors (Lipinski definition) is 1. The molecule has 0 fully saturated rings. The number of nitrogens with one attached hydrogen (secondary N) is 1. The van der Waals surface area contributed by atoms with Crippen LogP contribution in [0.2, 0.25) is 10.0 Å². The van der Waals surface area contributed by atoms with E-state index in [1.54, 1.807) is 12.1 Å². The van der Waals surface area contributed by atoms with Gasteiger partial charge in [0.25, 0.3) is 5.91 Å². The maximum Gasteiger partial charge on any atom is 0.266 e. The van der Waals surface area contributed by atoms with E-state index in [1.165, 1.54) is 45.6 Å². The Bertz CT molecular complexity index is 916. The molecule has 0 radical (unpaired) electrons. The molecule has 0 aliphatic heterocycles. The van der Waals surface area contributed by atoms with Gasteiger partial charge in [-0.1, -0.05) is 23.2 Å². The highest BCUT2D eigenvalue weighted by atomic mass is 35.5. The summed E-state index contributed by atoms with van der Waals surface area (Å²) < 4.78 is 15.8. The fourth-order valence-corrected chi connectivity index (χ4v) is 2.82. The minimum atomic E-state index is -0.618. The molecule has 0 unspecified atom stereocenters. The molecule has 0 atom stereocenters. The van der Waals surface area contributed by atoms with Crippen molar-refractivity contribution in [2.75, 3.05) is 26.6 Å². The molecule has 6 nitrogen and oxygen atoms in total. The largest absolute Gasteiger partial charge is 0.496 e. The van der Waals surface area contributed by atoms with E-state index in [0.717, 1.165) is 0 Å². The molecule has 2 rings (SSSR count). The van der Waals surface area contributed by atoms with Gasteiger partial charge >= 0.3 is 0 Å². The minimum absolute atomic E-state index is 0.142. The van der Waals surface area contributed by atoms with Crippen LogP contribution in [0, 0.1) is 11.3 Å². The van der Waals surface area contributed by atoms with E-state index in [1.807, 2.05) is 6.07 Å². The second kappa shape index (κ2) is 9.17. The highest BCUT2D eigenvalue weighted by Gasteiger charge is 2.15. The Balaban J connectivity index is 2.40. The molecular weight excluding hydrogens is 391 g/mol. The molecule has 0 saturated carbocycles. The lowest BCUT2D eigenvalue weighted by atomic mass is 10.1. The number of nitrogens with zero attached hydrogens (tertiary/aromatic N) is 1. The number of amides is 1. The van der Waals surface area contributed by atoms with Gasteiger partial charge < -0.3 is 19.5 Å². The van der Waals surface area contributed by atoms with Crippen LogP contribution in [-0.2, 0) is 4.79 Å². The molecule has 0 aliphatic carbocycles. The Labute approximate surface area is 166 Å². The molecule has 8 heteroatoms. The summed E-state index contributed by atoms with van der Waals surface area (Å²) >= 11 is 11.8. The number of hydrogen-bond acceptors (Lipinski definition) is 5. The zero-order chi connectivity index (χ0) is 20.0. The second-order valence-electron chi connectivity index (χ2n) is 5.23. The summed E-state index contributed by atoms with van der Waals surface area (Å²) in [6.45, 7) is 0. The highest BCUT2D eigenvalue weighted by molar-refractivity contribution is 6.35. The van der Waals surface area contributed by atoms with Crippen molar-refractivity contribution >= 4 is 40.9 Å². The number of benzene rings is 2.